The van der Waals surface area contributed by atoms with E-state index in [9.17, 15) is 4.79 Å². The Morgan fingerprint density at radius 2 is 1.89 bits per heavy atom. The summed E-state index contributed by atoms with van der Waals surface area (Å²) in [6, 6.07) is 7.40. The predicted octanol–water partition coefficient (Wildman–Crippen LogP) is 2.52. The molecule has 0 N–H and O–H groups in total. The van der Waals surface area contributed by atoms with Crippen LogP contribution in [0.25, 0.3) is 16.8 Å². The van der Waals surface area contributed by atoms with Gasteiger partial charge in [-0.15, -0.1) is 0 Å². The monoisotopic (exact) mass is 237 g/mol. The fraction of sp³-hybridized carbons (Fsp3) is 0.0714. The Balaban J connectivity index is 2.09. The zero-order valence-electron chi connectivity index (χ0n) is 9.87. The highest BCUT2D eigenvalue weighted by Crippen LogP contribution is 2.19. The van der Waals surface area contributed by atoms with Gasteiger partial charge in [0.2, 0.25) is 0 Å². The van der Waals surface area contributed by atoms with E-state index in [1.165, 1.54) is 0 Å². The molecule has 3 rings (SSSR count). The molecule has 0 bridgehead atoms. The summed E-state index contributed by atoms with van der Waals surface area (Å²) in [6.45, 7) is 1.98. The van der Waals surface area contributed by atoms with Crippen LogP contribution in [0, 0.1) is 6.92 Å². The van der Waals surface area contributed by atoms with Crippen LogP contribution in [0.3, 0.4) is 0 Å². The summed E-state index contributed by atoms with van der Waals surface area (Å²) < 4.78 is 1.76. The first kappa shape index (κ1) is 10.7. The molecule has 3 aromatic rings. The molecule has 0 spiro atoms. The van der Waals surface area contributed by atoms with Gasteiger partial charge in [0, 0.05) is 29.1 Å². The average molecular weight is 237 g/mol. The second-order valence-electron chi connectivity index (χ2n) is 4.18. The van der Waals surface area contributed by atoms with Crippen molar-refractivity contribution in [3.05, 3.63) is 54.0 Å². The fourth-order valence-corrected chi connectivity index (χ4v) is 1.90. The molecule has 0 unspecified atom stereocenters. The van der Waals surface area contributed by atoms with Gasteiger partial charge < -0.3 is 0 Å². The van der Waals surface area contributed by atoms with Gasteiger partial charge in [0.1, 0.15) is 6.29 Å². The lowest BCUT2D eigenvalue weighted by molar-refractivity contribution is 0.112. The van der Waals surface area contributed by atoms with E-state index >= 15 is 0 Å². The zero-order chi connectivity index (χ0) is 12.5. The van der Waals surface area contributed by atoms with Crippen LogP contribution in [0.5, 0.6) is 0 Å². The third-order valence-electron chi connectivity index (χ3n) is 2.91. The van der Waals surface area contributed by atoms with E-state index in [0.29, 0.717) is 5.56 Å². The van der Waals surface area contributed by atoms with E-state index in [0.717, 1.165) is 28.6 Å². The second-order valence-corrected chi connectivity index (χ2v) is 4.18. The number of nitrogens with zero attached hydrogens (tertiary/aromatic N) is 3. The first-order chi connectivity index (χ1) is 8.78. The van der Waals surface area contributed by atoms with Crippen molar-refractivity contribution in [2.75, 3.05) is 0 Å². The van der Waals surface area contributed by atoms with Gasteiger partial charge in [-0.2, -0.15) is 5.10 Å². The van der Waals surface area contributed by atoms with Crippen molar-refractivity contribution in [2.45, 2.75) is 6.92 Å². The molecule has 88 valence electrons. The van der Waals surface area contributed by atoms with E-state index in [1.807, 2.05) is 31.5 Å². The molecule has 1 aromatic carbocycles. The van der Waals surface area contributed by atoms with Crippen LogP contribution in [0.4, 0.5) is 0 Å². The van der Waals surface area contributed by atoms with Crippen molar-refractivity contribution in [1.82, 2.24) is 14.6 Å². The maximum absolute atomic E-state index is 10.6. The summed E-state index contributed by atoms with van der Waals surface area (Å²) in [5, 5.41) is 4.24. The lowest BCUT2D eigenvalue weighted by atomic mass is 10.1. The minimum Gasteiger partial charge on any atom is -0.298 e. The summed E-state index contributed by atoms with van der Waals surface area (Å²) in [7, 11) is 0. The third kappa shape index (κ3) is 1.68. The smallest absolute Gasteiger partial charge is 0.157 e. The second kappa shape index (κ2) is 4.07. The summed E-state index contributed by atoms with van der Waals surface area (Å²) in [6.07, 6.45) is 6.38. The maximum Gasteiger partial charge on any atom is 0.157 e. The molecule has 0 saturated carbocycles. The number of hydrogen-bond acceptors (Lipinski definition) is 3. The molecule has 0 radical (unpaired) electrons. The van der Waals surface area contributed by atoms with Gasteiger partial charge in [-0.25, -0.2) is 9.50 Å². The average Bonchev–Trinajstić information content (AvgIpc) is 2.80. The molecular weight excluding hydrogens is 226 g/mol. The van der Waals surface area contributed by atoms with Crippen LogP contribution < -0.4 is 0 Å². The number of carbonyl (C=O) groups is 1. The molecule has 0 saturated heterocycles. The summed E-state index contributed by atoms with van der Waals surface area (Å²) >= 11 is 0. The topological polar surface area (TPSA) is 47.3 Å². The van der Waals surface area contributed by atoms with Crippen LogP contribution in [-0.4, -0.2) is 20.9 Å². The summed E-state index contributed by atoms with van der Waals surface area (Å²) in [5.41, 5.74) is 4.58. The fourth-order valence-electron chi connectivity index (χ4n) is 1.90. The molecule has 2 aromatic heterocycles. The standard InChI is InChI=1S/C14H11N3O/c1-10-6-16-17-8-13(7-15-14(10)17)12-4-2-11(9-18)3-5-12/h2-9H,1H3. The number of aromatic nitrogens is 3. The highest BCUT2D eigenvalue weighted by molar-refractivity contribution is 5.76. The summed E-state index contributed by atoms with van der Waals surface area (Å²) in [5.74, 6) is 0. The van der Waals surface area contributed by atoms with Crippen molar-refractivity contribution < 1.29 is 4.79 Å². The molecule has 0 atom stereocenters. The normalized spacial score (nSPS) is 10.7. The molecule has 4 heteroatoms. The largest absolute Gasteiger partial charge is 0.298 e. The Morgan fingerprint density at radius 1 is 1.11 bits per heavy atom. The van der Waals surface area contributed by atoms with Crippen molar-refractivity contribution >= 4 is 11.9 Å². The molecule has 0 aliphatic carbocycles. The summed E-state index contributed by atoms with van der Waals surface area (Å²) in [4.78, 5) is 15.0. The van der Waals surface area contributed by atoms with Gasteiger partial charge in [-0.3, -0.25) is 4.79 Å². The van der Waals surface area contributed by atoms with Crippen LogP contribution in [0.1, 0.15) is 15.9 Å². The molecule has 0 aliphatic heterocycles. The highest BCUT2D eigenvalue weighted by Gasteiger charge is 2.04. The number of rotatable bonds is 2. The minimum absolute atomic E-state index is 0.669. The molecule has 0 fully saturated rings. The molecule has 0 amide bonds. The number of carbonyl (C=O) groups excluding carboxylic acids is 1. The quantitative estimate of drug-likeness (QED) is 0.643. The number of aldehydes is 1. The zero-order valence-corrected chi connectivity index (χ0v) is 9.87. The molecular formula is C14H11N3O. The highest BCUT2D eigenvalue weighted by atomic mass is 16.1. The van der Waals surface area contributed by atoms with Gasteiger partial charge in [-0.05, 0) is 12.5 Å². The van der Waals surface area contributed by atoms with Gasteiger partial charge in [0.25, 0.3) is 0 Å². The van der Waals surface area contributed by atoms with Crippen molar-refractivity contribution in [3.8, 4) is 11.1 Å². The van der Waals surface area contributed by atoms with Gasteiger partial charge in [-0.1, -0.05) is 24.3 Å². The Kier molecular flexibility index (Phi) is 2.41. The number of aryl methyl sites for hydroxylation is 1. The van der Waals surface area contributed by atoms with Crippen LogP contribution in [0.15, 0.2) is 42.9 Å². The van der Waals surface area contributed by atoms with Gasteiger partial charge in [0.15, 0.2) is 5.65 Å². The number of hydrogen-bond donors (Lipinski definition) is 0. The Hall–Kier alpha value is -2.49. The van der Waals surface area contributed by atoms with Crippen LogP contribution in [-0.2, 0) is 0 Å². The Morgan fingerprint density at radius 3 is 2.61 bits per heavy atom. The van der Waals surface area contributed by atoms with E-state index in [4.69, 9.17) is 0 Å². The Bertz CT molecular complexity index is 713. The number of benzene rings is 1. The predicted molar refractivity (Wildman–Crippen MR) is 68.5 cm³/mol. The van der Waals surface area contributed by atoms with Crippen molar-refractivity contribution in [1.29, 1.82) is 0 Å². The Labute approximate surface area is 104 Å². The van der Waals surface area contributed by atoms with E-state index in [1.54, 1.807) is 22.8 Å². The first-order valence-electron chi connectivity index (χ1n) is 5.63. The SMILES string of the molecule is Cc1cnn2cc(-c3ccc(C=O)cc3)cnc12. The maximum atomic E-state index is 10.6. The van der Waals surface area contributed by atoms with E-state index in [2.05, 4.69) is 10.1 Å². The number of fused-ring (bicyclic) bond motifs is 1. The lowest BCUT2D eigenvalue weighted by Crippen LogP contribution is -1.92. The van der Waals surface area contributed by atoms with Crippen molar-refractivity contribution in [2.24, 2.45) is 0 Å². The van der Waals surface area contributed by atoms with E-state index in [-0.39, 0.29) is 0 Å². The molecule has 4 nitrogen and oxygen atoms in total. The van der Waals surface area contributed by atoms with Crippen molar-refractivity contribution in [3.63, 3.8) is 0 Å². The molecule has 0 aliphatic rings. The van der Waals surface area contributed by atoms with Gasteiger partial charge >= 0.3 is 0 Å². The van der Waals surface area contributed by atoms with Crippen LogP contribution >= 0.6 is 0 Å². The third-order valence-corrected chi connectivity index (χ3v) is 2.91. The lowest BCUT2D eigenvalue weighted by Gasteiger charge is -2.02. The molecule has 2 heterocycles. The van der Waals surface area contributed by atoms with Gasteiger partial charge in [0.05, 0.1) is 6.20 Å². The van der Waals surface area contributed by atoms with Crippen LogP contribution in [0.2, 0.25) is 0 Å². The molecule has 18 heavy (non-hydrogen) atoms. The van der Waals surface area contributed by atoms with E-state index < -0.39 is 0 Å². The first-order valence-corrected chi connectivity index (χ1v) is 5.63. The minimum atomic E-state index is 0.669.